The summed E-state index contributed by atoms with van der Waals surface area (Å²) < 4.78 is 32.3. The molecular weight excluding hydrogens is 503 g/mol. The molecule has 198 valence electrons. The summed E-state index contributed by atoms with van der Waals surface area (Å²) in [7, 11) is 0. The van der Waals surface area contributed by atoms with Gasteiger partial charge in [-0.2, -0.15) is 4.98 Å². The van der Waals surface area contributed by atoms with Crippen molar-refractivity contribution in [1.29, 1.82) is 0 Å². The second-order valence-corrected chi connectivity index (χ2v) is 11.2. The minimum absolute atomic E-state index is 0.217. The van der Waals surface area contributed by atoms with Crippen LogP contribution in [0.25, 0.3) is 11.2 Å². The third kappa shape index (κ3) is 4.88. The number of hydrogen-bond acceptors (Lipinski definition) is 8. The van der Waals surface area contributed by atoms with Gasteiger partial charge in [0.25, 0.3) is 6.01 Å². The molecule has 4 N–H and O–H groups in total. The quantitative estimate of drug-likeness (QED) is 0.365. The molecule has 37 heavy (non-hydrogen) atoms. The van der Waals surface area contributed by atoms with Crippen molar-refractivity contribution >= 4 is 28.6 Å². The molecule has 0 radical (unpaired) electrons. The van der Waals surface area contributed by atoms with Crippen LogP contribution < -0.4 is 10.1 Å². The maximum absolute atomic E-state index is 15.2. The van der Waals surface area contributed by atoms with E-state index in [1.165, 1.54) is 0 Å². The predicted molar refractivity (Wildman–Crippen MR) is 135 cm³/mol. The van der Waals surface area contributed by atoms with Crippen molar-refractivity contribution in [3.05, 3.63) is 45.7 Å². The zero-order valence-electron chi connectivity index (χ0n) is 20.6. The number of aromatic nitrogens is 3. The highest BCUT2D eigenvalue weighted by Crippen LogP contribution is 2.38. The molecule has 3 aliphatic rings. The van der Waals surface area contributed by atoms with Gasteiger partial charge in [-0.3, -0.25) is 0 Å². The van der Waals surface area contributed by atoms with Crippen LogP contribution >= 0.6 is 11.6 Å². The lowest BCUT2D eigenvalue weighted by Crippen LogP contribution is -2.34. The smallest absolute Gasteiger partial charge is 0.296 e. The highest BCUT2D eigenvalue weighted by atomic mass is 35.5. The average molecular weight is 533 g/mol. The number of nitrogens with zero attached hydrogens (tertiary/aromatic N) is 2. The van der Waals surface area contributed by atoms with Gasteiger partial charge in [0, 0.05) is 5.56 Å². The molecule has 2 saturated heterocycles. The van der Waals surface area contributed by atoms with Crippen LogP contribution in [-0.4, -0.2) is 68.4 Å². The maximum Gasteiger partial charge on any atom is 0.296 e. The Labute approximate surface area is 218 Å². The normalized spacial score (nSPS) is 27.0. The molecule has 0 spiro atoms. The van der Waals surface area contributed by atoms with Gasteiger partial charge in [-0.1, -0.05) is 17.7 Å². The monoisotopic (exact) mass is 532 g/mol. The van der Waals surface area contributed by atoms with Gasteiger partial charge in [0.15, 0.2) is 11.8 Å². The number of halogens is 2. The lowest BCUT2D eigenvalue weighted by molar-refractivity contribution is 0.00706. The summed E-state index contributed by atoms with van der Waals surface area (Å²) in [6.07, 6.45) is 0.808. The summed E-state index contributed by atoms with van der Waals surface area (Å²) in [4.78, 5) is 12.1. The lowest BCUT2D eigenvalue weighted by atomic mass is 9.96. The van der Waals surface area contributed by atoms with Gasteiger partial charge in [-0.15, -0.1) is 0 Å². The first-order chi connectivity index (χ1) is 17.6. The molecule has 0 saturated carbocycles. The summed E-state index contributed by atoms with van der Waals surface area (Å²) >= 11 is 6.53. The number of anilines is 1. The van der Waals surface area contributed by atoms with Gasteiger partial charge in [-0.25, -0.2) is 9.37 Å². The first-order valence-corrected chi connectivity index (χ1v) is 13.0. The molecule has 2 fully saturated rings. The Bertz CT molecular complexity index is 1330. The highest BCUT2D eigenvalue weighted by Gasteiger charge is 2.48. The maximum atomic E-state index is 15.2. The largest absolute Gasteiger partial charge is 0.456 e. The van der Waals surface area contributed by atoms with Crippen LogP contribution in [0, 0.1) is 5.82 Å². The summed E-state index contributed by atoms with van der Waals surface area (Å²) in [5.74, 6) is 0.157. The van der Waals surface area contributed by atoms with E-state index in [1.54, 1.807) is 26.0 Å². The number of aliphatic hydroxyl groups excluding tert-OH is 1. The molecule has 2 aromatic heterocycles. The van der Waals surface area contributed by atoms with Crippen LogP contribution in [0.3, 0.4) is 0 Å². The molecule has 4 heterocycles. The minimum atomic E-state index is -0.794. The number of benzene rings is 1. The van der Waals surface area contributed by atoms with E-state index < -0.39 is 23.9 Å². The summed E-state index contributed by atoms with van der Waals surface area (Å²) in [6, 6.07) is 5.29. The molecule has 9 nitrogen and oxygen atoms in total. The average Bonchev–Trinajstić information content (AvgIpc) is 3.59. The van der Waals surface area contributed by atoms with Crippen LogP contribution in [0.4, 0.5) is 10.2 Å². The third-order valence-electron chi connectivity index (χ3n) is 7.31. The van der Waals surface area contributed by atoms with E-state index in [2.05, 4.69) is 20.3 Å². The van der Waals surface area contributed by atoms with E-state index in [0.717, 1.165) is 17.5 Å². The molecule has 5 atom stereocenters. The molecule has 1 aliphatic carbocycles. The fraction of sp³-hybridized carbons (Fsp3) is 0.538. The number of ether oxygens (including phenoxy) is 3. The number of rotatable bonds is 7. The highest BCUT2D eigenvalue weighted by molar-refractivity contribution is 6.33. The van der Waals surface area contributed by atoms with E-state index in [4.69, 9.17) is 25.8 Å². The number of aryl methyl sites for hydroxylation is 2. The molecule has 6 rings (SSSR count). The van der Waals surface area contributed by atoms with Crippen LogP contribution in [0.5, 0.6) is 6.01 Å². The van der Waals surface area contributed by atoms with Crippen molar-refractivity contribution in [2.24, 2.45) is 0 Å². The lowest BCUT2D eigenvalue weighted by Gasteiger charge is -2.18. The van der Waals surface area contributed by atoms with E-state index in [0.29, 0.717) is 46.8 Å². The van der Waals surface area contributed by atoms with Crippen LogP contribution in [0.15, 0.2) is 18.2 Å². The van der Waals surface area contributed by atoms with Gasteiger partial charge in [-0.05, 0) is 62.8 Å². The molecule has 0 amide bonds. The van der Waals surface area contributed by atoms with Crippen molar-refractivity contribution in [1.82, 2.24) is 15.0 Å². The Kier molecular flexibility index (Phi) is 6.27. The van der Waals surface area contributed by atoms with Crippen molar-refractivity contribution in [2.45, 2.75) is 75.6 Å². The van der Waals surface area contributed by atoms with Crippen molar-refractivity contribution < 1.29 is 28.8 Å². The molecule has 1 unspecified atom stereocenters. The van der Waals surface area contributed by atoms with Gasteiger partial charge in [0.1, 0.15) is 29.9 Å². The first kappa shape index (κ1) is 24.8. The van der Waals surface area contributed by atoms with E-state index >= 15 is 4.39 Å². The fourth-order valence-corrected chi connectivity index (χ4v) is 5.63. The Morgan fingerprint density at radius 3 is 2.84 bits per heavy atom. The Hall–Kier alpha value is -2.50. The molecule has 11 heteroatoms. The molecule has 0 bridgehead atoms. The standard InChI is InChI=1S/C26H30ClFN4O5/c1-26(2,34)6-5-12-7-13-3-4-16(20(13)15(28)8-12)29-23-14(27)9-17-24(31-23)32-25(30-17)37-19-11-36-21-18(33)10-35-22(19)21/h7-9,16,18-19,21-22,33-34H,3-6,10-11H2,1-2H3,(H2,29,30,31,32)/t16-,18+,19+,21?,22+/m0/s1. The number of aliphatic hydroxyl groups is 2. The second-order valence-electron chi connectivity index (χ2n) is 10.7. The Morgan fingerprint density at radius 2 is 2.03 bits per heavy atom. The number of aromatic amines is 1. The number of fused-ring (bicyclic) bond motifs is 3. The number of hydrogen-bond donors (Lipinski definition) is 4. The number of imidazole rings is 1. The van der Waals surface area contributed by atoms with E-state index in [1.807, 2.05) is 6.07 Å². The topological polar surface area (TPSA) is 122 Å². The van der Waals surface area contributed by atoms with E-state index in [-0.39, 0.29) is 37.2 Å². The zero-order valence-corrected chi connectivity index (χ0v) is 21.4. The predicted octanol–water partition coefficient (Wildman–Crippen LogP) is 3.46. The van der Waals surface area contributed by atoms with E-state index in [9.17, 15) is 10.2 Å². The SMILES string of the molecule is CC(C)(O)CCc1cc(F)c2c(c1)CC[C@@H]2Nc1nc2nc(O[C@@H]3COC4[C@H](O)CO[C@@H]43)[nH]c2cc1Cl. The number of pyridine rings is 1. The molecular formula is C26H30ClFN4O5. The van der Waals surface area contributed by atoms with Crippen LogP contribution in [-0.2, 0) is 22.3 Å². The molecule has 3 aromatic rings. The van der Waals surface area contributed by atoms with Gasteiger partial charge in [0.05, 0.1) is 35.4 Å². The van der Waals surface area contributed by atoms with Gasteiger partial charge in [0.2, 0.25) is 0 Å². The van der Waals surface area contributed by atoms with Crippen LogP contribution in [0.1, 0.15) is 49.4 Å². The Morgan fingerprint density at radius 1 is 1.22 bits per heavy atom. The van der Waals surface area contributed by atoms with Gasteiger partial charge >= 0.3 is 0 Å². The summed E-state index contributed by atoms with van der Waals surface area (Å²) in [5.41, 5.74) is 2.70. The van der Waals surface area contributed by atoms with Crippen molar-refractivity contribution in [3.8, 4) is 6.01 Å². The summed E-state index contributed by atoms with van der Waals surface area (Å²) in [5, 5.41) is 23.6. The second kappa shape index (κ2) is 9.36. The molecule has 1 aromatic carbocycles. The zero-order chi connectivity index (χ0) is 25.9. The van der Waals surface area contributed by atoms with Crippen molar-refractivity contribution in [2.75, 3.05) is 18.5 Å². The molecule has 2 aliphatic heterocycles. The van der Waals surface area contributed by atoms with Gasteiger partial charge < -0.3 is 34.7 Å². The number of nitrogens with one attached hydrogen (secondary N) is 2. The fourth-order valence-electron chi connectivity index (χ4n) is 5.42. The van der Waals surface area contributed by atoms with Crippen molar-refractivity contribution in [3.63, 3.8) is 0 Å². The first-order valence-electron chi connectivity index (χ1n) is 12.6. The number of H-pyrrole nitrogens is 1. The minimum Gasteiger partial charge on any atom is -0.456 e. The Balaban J connectivity index is 1.18. The van der Waals surface area contributed by atoms with Crippen LogP contribution in [0.2, 0.25) is 5.02 Å². The summed E-state index contributed by atoms with van der Waals surface area (Å²) in [6.45, 7) is 4.02. The third-order valence-corrected chi connectivity index (χ3v) is 7.60.